The van der Waals surface area contributed by atoms with Gasteiger partial charge in [0.05, 0.1) is 11.8 Å². The Balaban J connectivity index is 1.75. The molecule has 0 unspecified atom stereocenters. The second kappa shape index (κ2) is 4.94. The van der Waals surface area contributed by atoms with Gasteiger partial charge in [0.2, 0.25) is 0 Å². The van der Waals surface area contributed by atoms with Crippen molar-refractivity contribution in [3.05, 3.63) is 60.4 Å². The summed E-state index contributed by atoms with van der Waals surface area (Å²) >= 11 is 0. The number of hydrogen-bond acceptors (Lipinski definition) is 4. The SMILES string of the molecule is Cn1cc(-c2cn(-c3ccc4c(c3)C=NC4=O)c3ncncc23)cn1. The highest BCUT2D eigenvalue weighted by atomic mass is 16.1. The van der Waals surface area contributed by atoms with Crippen LogP contribution in [-0.4, -0.2) is 36.4 Å². The van der Waals surface area contributed by atoms with Gasteiger partial charge in [0.1, 0.15) is 12.0 Å². The number of fused-ring (bicyclic) bond motifs is 2. The van der Waals surface area contributed by atoms with Crippen molar-refractivity contribution in [2.45, 2.75) is 0 Å². The summed E-state index contributed by atoms with van der Waals surface area (Å²) in [6.45, 7) is 0. The Labute approximate surface area is 142 Å². The molecule has 0 radical (unpaired) electrons. The molecule has 0 spiro atoms. The minimum atomic E-state index is -0.197. The highest BCUT2D eigenvalue weighted by Crippen LogP contribution is 2.31. The van der Waals surface area contributed by atoms with Crippen molar-refractivity contribution < 1.29 is 4.79 Å². The number of benzene rings is 1. The first kappa shape index (κ1) is 13.8. The second-order valence-electron chi connectivity index (χ2n) is 5.91. The number of aliphatic imine (C=N–C) groups is 1. The average molecular weight is 328 g/mol. The van der Waals surface area contributed by atoms with Crippen molar-refractivity contribution in [1.82, 2.24) is 24.3 Å². The number of carbonyl (C=O) groups is 1. The minimum Gasteiger partial charge on any atom is -0.301 e. The Bertz CT molecular complexity index is 1180. The normalized spacial score (nSPS) is 12.9. The van der Waals surface area contributed by atoms with Crippen molar-refractivity contribution in [3.8, 4) is 16.8 Å². The van der Waals surface area contributed by atoms with Crippen LogP contribution in [0.1, 0.15) is 15.9 Å². The summed E-state index contributed by atoms with van der Waals surface area (Å²) in [6, 6.07) is 5.65. The average Bonchev–Trinajstić information content (AvgIpc) is 3.32. The van der Waals surface area contributed by atoms with Crippen LogP contribution in [0.2, 0.25) is 0 Å². The van der Waals surface area contributed by atoms with E-state index in [0.29, 0.717) is 5.56 Å². The molecule has 0 N–H and O–H groups in total. The summed E-state index contributed by atoms with van der Waals surface area (Å²) in [4.78, 5) is 24.1. The second-order valence-corrected chi connectivity index (χ2v) is 5.91. The monoisotopic (exact) mass is 328 g/mol. The lowest BCUT2D eigenvalue weighted by atomic mass is 10.1. The van der Waals surface area contributed by atoms with Crippen LogP contribution in [0, 0.1) is 0 Å². The van der Waals surface area contributed by atoms with E-state index in [0.717, 1.165) is 33.4 Å². The Hall–Kier alpha value is -3.61. The number of nitrogens with zero attached hydrogens (tertiary/aromatic N) is 6. The molecule has 25 heavy (non-hydrogen) atoms. The molecule has 4 heterocycles. The van der Waals surface area contributed by atoms with Crippen molar-refractivity contribution in [1.29, 1.82) is 0 Å². The van der Waals surface area contributed by atoms with Crippen LogP contribution in [-0.2, 0) is 7.05 Å². The van der Waals surface area contributed by atoms with Crippen molar-refractivity contribution in [2.75, 3.05) is 0 Å². The zero-order valence-corrected chi connectivity index (χ0v) is 13.3. The first-order valence-corrected chi connectivity index (χ1v) is 7.73. The zero-order valence-electron chi connectivity index (χ0n) is 13.3. The largest absolute Gasteiger partial charge is 0.301 e. The van der Waals surface area contributed by atoms with E-state index in [1.165, 1.54) is 6.33 Å². The van der Waals surface area contributed by atoms with E-state index in [9.17, 15) is 4.79 Å². The molecule has 0 atom stereocenters. The molecule has 1 aliphatic heterocycles. The summed E-state index contributed by atoms with van der Waals surface area (Å²) in [6.07, 6.45) is 10.7. The molecule has 120 valence electrons. The van der Waals surface area contributed by atoms with Gasteiger partial charge in [-0.1, -0.05) is 0 Å². The Kier molecular flexibility index (Phi) is 2.73. The van der Waals surface area contributed by atoms with Crippen LogP contribution in [0.3, 0.4) is 0 Å². The van der Waals surface area contributed by atoms with E-state index >= 15 is 0 Å². The predicted molar refractivity (Wildman–Crippen MR) is 93.0 cm³/mol. The number of amides is 1. The van der Waals surface area contributed by atoms with Gasteiger partial charge in [-0.3, -0.25) is 9.48 Å². The molecule has 0 bridgehead atoms. The summed E-state index contributed by atoms with van der Waals surface area (Å²) in [5.74, 6) is -0.197. The lowest BCUT2D eigenvalue weighted by Gasteiger charge is -2.06. The summed E-state index contributed by atoms with van der Waals surface area (Å²) in [5.41, 5.74) is 5.17. The van der Waals surface area contributed by atoms with Crippen LogP contribution in [0.5, 0.6) is 0 Å². The molecule has 7 nitrogen and oxygen atoms in total. The lowest BCUT2D eigenvalue weighted by molar-refractivity contribution is 0.101. The molecule has 0 saturated heterocycles. The third-order valence-electron chi connectivity index (χ3n) is 4.35. The molecular weight excluding hydrogens is 316 g/mol. The molecule has 7 heteroatoms. The maximum absolute atomic E-state index is 11.7. The van der Waals surface area contributed by atoms with E-state index in [1.807, 2.05) is 42.3 Å². The number of carbonyl (C=O) groups excluding carboxylic acids is 1. The minimum absolute atomic E-state index is 0.197. The van der Waals surface area contributed by atoms with Gasteiger partial charge in [-0.2, -0.15) is 5.10 Å². The zero-order chi connectivity index (χ0) is 17.0. The van der Waals surface area contributed by atoms with Gasteiger partial charge in [-0.15, -0.1) is 0 Å². The molecule has 0 saturated carbocycles. The third kappa shape index (κ3) is 2.02. The topological polar surface area (TPSA) is 78.0 Å². The molecule has 1 amide bonds. The van der Waals surface area contributed by atoms with E-state index in [-0.39, 0.29) is 5.91 Å². The van der Waals surface area contributed by atoms with E-state index in [1.54, 1.807) is 23.2 Å². The van der Waals surface area contributed by atoms with Gasteiger partial charge in [-0.05, 0) is 18.2 Å². The fraction of sp³-hybridized carbons (Fsp3) is 0.0556. The summed E-state index contributed by atoms with van der Waals surface area (Å²) in [7, 11) is 1.88. The van der Waals surface area contributed by atoms with Gasteiger partial charge in [0.25, 0.3) is 5.91 Å². The number of aryl methyl sites for hydroxylation is 1. The van der Waals surface area contributed by atoms with Crippen molar-refractivity contribution in [3.63, 3.8) is 0 Å². The Morgan fingerprint density at radius 2 is 2.00 bits per heavy atom. The summed E-state index contributed by atoms with van der Waals surface area (Å²) in [5, 5.41) is 5.19. The van der Waals surface area contributed by atoms with Crippen LogP contribution in [0.15, 0.2) is 54.3 Å². The molecule has 4 aromatic rings. The fourth-order valence-electron chi connectivity index (χ4n) is 3.15. The molecule has 0 aliphatic carbocycles. The third-order valence-corrected chi connectivity index (χ3v) is 4.35. The van der Waals surface area contributed by atoms with Gasteiger partial charge in [-0.25, -0.2) is 15.0 Å². The van der Waals surface area contributed by atoms with Crippen molar-refractivity contribution >= 4 is 23.2 Å². The van der Waals surface area contributed by atoms with Crippen LogP contribution in [0.4, 0.5) is 0 Å². The molecule has 1 aromatic carbocycles. The maximum atomic E-state index is 11.7. The fourth-order valence-corrected chi connectivity index (χ4v) is 3.15. The van der Waals surface area contributed by atoms with Gasteiger partial charge < -0.3 is 4.57 Å². The van der Waals surface area contributed by atoms with Crippen LogP contribution >= 0.6 is 0 Å². The van der Waals surface area contributed by atoms with E-state index in [2.05, 4.69) is 20.1 Å². The quantitative estimate of drug-likeness (QED) is 0.566. The molecule has 1 aliphatic rings. The number of rotatable bonds is 2. The van der Waals surface area contributed by atoms with Gasteiger partial charge >= 0.3 is 0 Å². The predicted octanol–water partition coefficient (Wildman–Crippen LogP) is 2.39. The molecular formula is C18H12N6O. The first-order chi connectivity index (χ1) is 12.2. The number of aromatic nitrogens is 5. The van der Waals surface area contributed by atoms with E-state index in [4.69, 9.17) is 0 Å². The van der Waals surface area contributed by atoms with Crippen LogP contribution in [0.25, 0.3) is 27.8 Å². The van der Waals surface area contributed by atoms with E-state index < -0.39 is 0 Å². The Morgan fingerprint density at radius 3 is 2.84 bits per heavy atom. The smallest absolute Gasteiger partial charge is 0.277 e. The number of hydrogen-bond donors (Lipinski definition) is 0. The van der Waals surface area contributed by atoms with Gasteiger partial charge in [0, 0.05) is 59.6 Å². The van der Waals surface area contributed by atoms with Crippen LogP contribution < -0.4 is 0 Å². The molecule has 3 aromatic heterocycles. The Morgan fingerprint density at radius 1 is 1.08 bits per heavy atom. The standard InChI is InChI=1S/C18H12N6O/c1-23-8-12(6-22-23)16-9-24(17-15(16)7-19-10-21-17)13-2-3-14-11(4-13)5-20-18(14)25/h2-10H,1H3. The van der Waals surface area contributed by atoms with Crippen molar-refractivity contribution in [2.24, 2.45) is 12.0 Å². The molecule has 5 rings (SSSR count). The highest BCUT2D eigenvalue weighted by Gasteiger charge is 2.18. The lowest BCUT2D eigenvalue weighted by Crippen LogP contribution is -1.97. The molecule has 0 fully saturated rings. The first-order valence-electron chi connectivity index (χ1n) is 7.73. The highest BCUT2D eigenvalue weighted by molar-refractivity contribution is 6.13. The maximum Gasteiger partial charge on any atom is 0.277 e. The summed E-state index contributed by atoms with van der Waals surface area (Å²) < 4.78 is 3.76. The van der Waals surface area contributed by atoms with Gasteiger partial charge in [0.15, 0.2) is 0 Å².